The monoisotopic (exact) mass is 411 g/mol. The molecule has 1 fully saturated rings. The van der Waals surface area contributed by atoms with Gasteiger partial charge in [-0.05, 0) is 49.3 Å². The van der Waals surface area contributed by atoms with Crippen molar-refractivity contribution in [1.82, 2.24) is 14.5 Å². The molecule has 2 atom stereocenters. The molecule has 7 heteroatoms. The van der Waals surface area contributed by atoms with Crippen LogP contribution < -0.4 is 5.56 Å². The molecule has 0 bridgehead atoms. The van der Waals surface area contributed by atoms with E-state index in [0.717, 1.165) is 37.9 Å². The van der Waals surface area contributed by atoms with Gasteiger partial charge >= 0.3 is 5.97 Å². The van der Waals surface area contributed by atoms with Crippen molar-refractivity contribution in [2.24, 2.45) is 11.8 Å². The summed E-state index contributed by atoms with van der Waals surface area (Å²) in [5.41, 5.74) is 0.758. The summed E-state index contributed by atoms with van der Waals surface area (Å²) in [5, 5.41) is 0.504. The zero-order valence-electron chi connectivity index (χ0n) is 17.7. The third kappa shape index (κ3) is 4.25. The fourth-order valence-corrected chi connectivity index (χ4v) is 4.71. The zero-order chi connectivity index (χ0) is 21.3. The second kappa shape index (κ2) is 8.58. The van der Waals surface area contributed by atoms with Crippen molar-refractivity contribution in [2.75, 3.05) is 19.7 Å². The maximum absolute atomic E-state index is 12.8. The lowest BCUT2D eigenvalue weighted by molar-refractivity contribution is -0.137. The molecule has 4 rings (SSSR count). The molecule has 0 saturated carbocycles. The highest BCUT2D eigenvalue weighted by Crippen LogP contribution is 2.21. The van der Waals surface area contributed by atoms with E-state index in [9.17, 15) is 14.4 Å². The van der Waals surface area contributed by atoms with Crippen LogP contribution in [-0.2, 0) is 22.5 Å². The number of fused-ring (bicyclic) bond motifs is 2. The van der Waals surface area contributed by atoms with E-state index in [1.165, 1.54) is 0 Å². The third-order valence-electron chi connectivity index (χ3n) is 6.10. The van der Waals surface area contributed by atoms with Gasteiger partial charge in [-0.3, -0.25) is 14.2 Å². The topological polar surface area (TPSA) is 81.5 Å². The highest BCUT2D eigenvalue weighted by molar-refractivity contribution is 5.95. The van der Waals surface area contributed by atoms with Gasteiger partial charge in [0.1, 0.15) is 5.82 Å². The molecule has 0 N–H and O–H groups in total. The van der Waals surface area contributed by atoms with E-state index in [-0.39, 0.29) is 18.1 Å². The van der Waals surface area contributed by atoms with Crippen LogP contribution in [0.15, 0.2) is 23.0 Å². The highest BCUT2D eigenvalue weighted by atomic mass is 16.5. The predicted molar refractivity (Wildman–Crippen MR) is 113 cm³/mol. The quantitative estimate of drug-likeness (QED) is 0.726. The lowest BCUT2D eigenvalue weighted by Gasteiger charge is -2.34. The number of nitrogens with zero attached hydrogens (tertiary/aromatic N) is 3. The molecule has 0 aliphatic carbocycles. The summed E-state index contributed by atoms with van der Waals surface area (Å²) in [6, 6.07) is 4.81. The minimum Gasteiger partial charge on any atom is -0.452 e. The molecule has 1 aromatic heterocycles. The van der Waals surface area contributed by atoms with E-state index in [0.29, 0.717) is 47.9 Å². The lowest BCUT2D eigenvalue weighted by Crippen LogP contribution is -2.44. The first-order chi connectivity index (χ1) is 14.4. The van der Waals surface area contributed by atoms with E-state index in [1.807, 2.05) is 0 Å². The Morgan fingerprint density at radius 2 is 1.90 bits per heavy atom. The van der Waals surface area contributed by atoms with Crippen molar-refractivity contribution < 1.29 is 14.3 Å². The van der Waals surface area contributed by atoms with Crippen LogP contribution in [0.1, 0.15) is 55.7 Å². The molecule has 2 unspecified atom stereocenters. The number of piperidine rings is 1. The van der Waals surface area contributed by atoms with Gasteiger partial charge in [0.15, 0.2) is 6.61 Å². The highest BCUT2D eigenvalue weighted by Gasteiger charge is 2.26. The van der Waals surface area contributed by atoms with Crippen molar-refractivity contribution in [3.8, 4) is 0 Å². The van der Waals surface area contributed by atoms with Gasteiger partial charge in [0.2, 0.25) is 0 Å². The van der Waals surface area contributed by atoms with Crippen molar-refractivity contribution in [3.63, 3.8) is 0 Å². The number of aryl methyl sites for hydroxylation is 1. The Hall–Kier alpha value is -2.70. The van der Waals surface area contributed by atoms with Gasteiger partial charge in [0, 0.05) is 26.1 Å². The summed E-state index contributed by atoms with van der Waals surface area (Å²) in [4.78, 5) is 44.2. The first-order valence-corrected chi connectivity index (χ1v) is 10.9. The molecule has 2 aromatic rings. The van der Waals surface area contributed by atoms with Crippen LogP contribution >= 0.6 is 0 Å². The van der Waals surface area contributed by atoms with Gasteiger partial charge in [-0.2, -0.15) is 0 Å². The summed E-state index contributed by atoms with van der Waals surface area (Å²) in [6.45, 7) is 6.10. The molecule has 30 heavy (non-hydrogen) atoms. The maximum atomic E-state index is 12.8. The van der Waals surface area contributed by atoms with Crippen molar-refractivity contribution >= 4 is 22.8 Å². The molecule has 0 radical (unpaired) electrons. The SMILES string of the molecule is CC1CC(C)CN(C(=O)COC(=O)c2ccc3c(=O)n4c(nc3c2)CCCCC4)C1. The molecular formula is C23H29N3O4. The van der Waals surface area contributed by atoms with Gasteiger partial charge in [-0.15, -0.1) is 0 Å². The lowest BCUT2D eigenvalue weighted by atomic mass is 9.92. The Labute approximate surface area is 176 Å². The molecule has 3 heterocycles. The van der Waals surface area contributed by atoms with Crippen molar-refractivity contribution in [2.45, 2.75) is 52.5 Å². The Morgan fingerprint density at radius 1 is 1.13 bits per heavy atom. The fraction of sp³-hybridized carbons (Fsp3) is 0.565. The van der Waals surface area contributed by atoms with Crippen LogP contribution in [0.3, 0.4) is 0 Å². The first kappa shape index (κ1) is 20.6. The maximum Gasteiger partial charge on any atom is 0.338 e. The van der Waals surface area contributed by atoms with Crippen LogP contribution in [0.5, 0.6) is 0 Å². The summed E-state index contributed by atoms with van der Waals surface area (Å²) in [7, 11) is 0. The van der Waals surface area contributed by atoms with E-state index in [2.05, 4.69) is 18.8 Å². The van der Waals surface area contributed by atoms with Crippen molar-refractivity contribution in [3.05, 3.63) is 39.9 Å². The van der Waals surface area contributed by atoms with Gasteiger partial charge in [-0.1, -0.05) is 20.3 Å². The Balaban J connectivity index is 1.48. The first-order valence-electron chi connectivity index (χ1n) is 10.9. The Bertz CT molecular complexity index is 1020. The number of carbonyl (C=O) groups is 2. The van der Waals surface area contributed by atoms with Gasteiger partial charge in [-0.25, -0.2) is 9.78 Å². The largest absolute Gasteiger partial charge is 0.452 e. The normalized spacial score (nSPS) is 21.7. The molecule has 7 nitrogen and oxygen atoms in total. The summed E-state index contributed by atoms with van der Waals surface area (Å²) >= 11 is 0. The molecule has 0 spiro atoms. The number of amides is 1. The van der Waals surface area contributed by atoms with Crippen LogP contribution in [0.25, 0.3) is 10.9 Å². The summed E-state index contributed by atoms with van der Waals surface area (Å²) < 4.78 is 7.04. The van der Waals surface area contributed by atoms with Gasteiger partial charge in [0.25, 0.3) is 11.5 Å². The number of likely N-dealkylation sites (tertiary alicyclic amines) is 1. The van der Waals surface area contributed by atoms with E-state index in [1.54, 1.807) is 27.7 Å². The molecule has 2 aliphatic rings. The minimum absolute atomic E-state index is 0.0552. The molecule has 160 valence electrons. The number of carbonyl (C=O) groups excluding carboxylic acids is 2. The summed E-state index contributed by atoms with van der Waals surface area (Å²) in [6.07, 6.45) is 4.94. The van der Waals surface area contributed by atoms with E-state index < -0.39 is 5.97 Å². The number of hydrogen-bond acceptors (Lipinski definition) is 5. The Morgan fingerprint density at radius 3 is 2.67 bits per heavy atom. The molecular weight excluding hydrogens is 382 g/mol. The minimum atomic E-state index is -0.569. The standard InChI is InChI=1S/C23H29N3O4/c1-15-10-16(2)13-25(12-15)21(27)14-30-23(29)17-7-8-18-19(11-17)24-20-6-4-3-5-9-26(20)22(18)28/h7-8,11,15-16H,3-6,9-10,12-14H2,1-2H3. The van der Waals surface area contributed by atoms with Gasteiger partial charge in [0.05, 0.1) is 16.5 Å². The van der Waals surface area contributed by atoms with E-state index in [4.69, 9.17) is 4.74 Å². The molecule has 1 amide bonds. The van der Waals surface area contributed by atoms with Crippen LogP contribution in [0.2, 0.25) is 0 Å². The zero-order valence-corrected chi connectivity index (χ0v) is 17.7. The van der Waals surface area contributed by atoms with Crippen LogP contribution in [-0.4, -0.2) is 46.0 Å². The van der Waals surface area contributed by atoms with Crippen molar-refractivity contribution in [1.29, 1.82) is 0 Å². The number of benzene rings is 1. The molecule has 1 saturated heterocycles. The molecule has 1 aromatic carbocycles. The number of aromatic nitrogens is 2. The summed E-state index contributed by atoms with van der Waals surface area (Å²) in [5.74, 6) is 0.951. The fourth-order valence-electron chi connectivity index (χ4n) is 4.71. The average Bonchev–Trinajstić information content (AvgIpc) is 2.96. The number of rotatable bonds is 3. The predicted octanol–water partition coefficient (Wildman–Crippen LogP) is 2.78. The van der Waals surface area contributed by atoms with Crippen LogP contribution in [0.4, 0.5) is 0 Å². The molecule has 2 aliphatic heterocycles. The average molecular weight is 412 g/mol. The second-order valence-corrected chi connectivity index (χ2v) is 8.85. The van der Waals surface area contributed by atoms with E-state index >= 15 is 0 Å². The smallest absolute Gasteiger partial charge is 0.338 e. The van der Waals surface area contributed by atoms with Gasteiger partial charge < -0.3 is 9.64 Å². The third-order valence-corrected chi connectivity index (χ3v) is 6.10. The second-order valence-electron chi connectivity index (χ2n) is 8.85. The number of ether oxygens (including phenoxy) is 1. The number of hydrogen-bond donors (Lipinski definition) is 0. The van der Waals surface area contributed by atoms with Crippen LogP contribution in [0, 0.1) is 11.8 Å². The number of esters is 1. The Kier molecular flexibility index (Phi) is 5.88.